The SMILES string of the molecule is Cc1cn(C2CN(C(c3ccccc3)(c3ccccc3)c3ccccc3)CC(COP(=O)(Cl)N(C)c3ccc4c(c3)OCCOCCOc3ccccc3OCCOCCO4)O2)c(=O)[nH]c1=O. The number of fused-ring (bicyclic) bond motifs is 2. The molecule has 0 aliphatic carbocycles. The van der Waals surface area contributed by atoms with Crippen molar-refractivity contribution >= 4 is 23.8 Å². The molecule has 8 rings (SSSR count). The molecule has 0 radical (unpaired) electrons. The number of rotatable bonds is 10. The summed E-state index contributed by atoms with van der Waals surface area (Å²) >= 11 is 6.88. The summed E-state index contributed by atoms with van der Waals surface area (Å²) in [7, 11) is 1.57. The highest BCUT2D eigenvalue weighted by Crippen LogP contribution is 2.58. The number of hydrogen-bond acceptors (Lipinski definition) is 12. The van der Waals surface area contributed by atoms with Gasteiger partial charge in [0.05, 0.1) is 44.7 Å². The number of H-pyrrole nitrogens is 1. The molecule has 0 spiro atoms. The number of benzene rings is 5. The molecule has 352 valence electrons. The lowest BCUT2D eigenvalue weighted by Crippen LogP contribution is -2.58. The first-order valence-electron chi connectivity index (χ1n) is 22.1. The Labute approximate surface area is 393 Å². The zero-order valence-corrected chi connectivity index (χ0v) is 39.0. The Bertz CT molecular complexity index is 2610. The van der Waals surface area contributed by atoms with E-state index in [1.165, 1.54) is 15.4 Å². The van der Waals surface area contributed by atoms with Gasteiger partial charge in [-0.3, -0.25) is 28.4 Å². The van der Waals surface area contributed by atoms with Crippen molar-refractivity contribution in [1.82, 2.24) is 14.5 Å². The highest BCUT2D eigenvalue weighted by Gasteiger charge is 2.47. The molecule has 1 N–H and O–H groups in total. The molecule has 3 unspecified atom stereocenters. The fraction of sp³-hybridized carbons (Fsp3) is 0.320. The minimum atomic E-state index is -4.13. The van der Waals surface area contributed by atoms with E-state index in [2.05, 4.69) is 46.3 Å². The number of morpholine rings is 1. The Morgan fingerprint density at radius 1 is 0.672 bits per heavy atom. The van der Waals surface area contributed by atoms with Gasteiger partial charge in [0.15, 0.2) is 29.2 Å². The summed E-state index contributed by atoms with van der Waals surface area (Å²) in [6, 6.07) is 42.9. The number of nitrogens with one attached hydrogen (secondary N) is 1. The average molecular weight is 953 g/mol. The highest BCUT2D eigenvalue weighted by molar-refractivity contribution is 7.86. The second kappa shape index (κ2) is 22.3. The molecule has 6 aromatic rings. The van der Waals surface area contributed by atoms with Gasteiger partial charge in [0.1, 0.15) is 26.4 Å². The first-order chi connectivity index (χ1) is 32.6. The molecule has 0 bridgehead atoms. The van der Waals surface area contributed by atoms with Gasteiger partial charge in [-0.15, -0.1) is 0 Å². The zero-order chi connectivity index (χ0) is 46.6. The van der Waals surface area contributed by atoms with E-state index in [-0.39, 0.29) is 46.1 Å². The van der Waals surface area contributed by atoms with Crippen LogP contribution in [0, 0.1) is 6.92 Å². The van der Waals surface area contributed by atoms with Crippen LogP contribution >= 0.6 is 18.1 Å². The van der Waals surface area contributed by atoms with Crippen LogP contribution in [0.1, 0.15) is 28.5 Å². The van der Waals surface area contributed by atoms with Crippen molar-refractivity contribution in [3.05, 3.63) is 183 Å². The summed E-state index contributed by atoms with van der Waals surface area (Å²) < 4.78 is 65.6. The van der Waals surface area contributed by atoms with Gasteiger partial charge in [0.25, 0.3) is 5.56 Å². The van der Waals surface area contributed by atoms with E-state index in [9.17, 15) is 14.2 Å². The van der Waals surface area contributed by atoms with Crippen LogP contribution in [0.5, 0.6) is 23.0 Å². The number of aromatic nitrogens is 2. The fourth-order valence-corrected chi connectivity index (χ4v) is 9.64. The Hall–Kier alpha value is -5.90. The minimum absolute atomic E-state index is 0.180. The number of aromatic amines is 1. The van der Waals surface area contributed by atoms with Crippen LogP contribution < -0.4 is 34.9 Å². The molecule has 1 aromatic heterocycles. The highest BCUT2D eigenvalue weighted by atomic mass is 35.7. The lowest BCUT2D eigenvalue weighted by molar-refractivity contribution is -0.148. The van der Waals surface area contributed by atoms with E-state index in [0.29, 0.717) is 60.7 Å². The van der Waals surface area contributed by atoms with Gasteiger partial charge in [0, 0.05) is 43.7 Å². The third kappa shape index (κ3) is 11.3. The van der Waals surface area contributed by atoms with Gasteiger partial charge in [-0.05, 0) is 59.1 Å². The smallest absolute Gasteiger partial charge is 0.387 e. The van der Waals surface area contributed by atoms with Crippen LogP contribution in [-0.2, 0) is 28.8 Å². The lowest BCUT2D eigenvalue weighted by Gasteiger charge is -2.50. The molecule has 67 heavy (non-hydrogen) atoms. The first kappa shape index (κ1) is 47.6. The standard InChI is InChI=1S/C50H54ClN4O11P/c1-37-33-55(49(57)52-48(37)56)47-35-54(50(38-14-6-3-7-15-38,39-16-8-4-9-17-39)40-18-10-5-11-19-40)34-42(66-47)36-65-67(51,58)53(2)41-22-23-45-46(32-41)64-31-27-60-25-29-62-44-21-13-12-20-43(44)61-28-24-59-26-30-63-45/h3-23,32-33,42,47H,24-31,34-36H2,1-2H3,(H,52,56,57). The number of ether oxygens (including phenoxy) is 7. The molecule has 17 heteroatoms. The van der Waals surface area contributed by atoms with Gasteiger partial charge in [-0.1, -0.05) is 103 Å². The van der Waals surface area contributed by atoms with Crippen LogP contribution in [0.4, 0.5) is 5.69 Å². The Morgan fingerprint density at radius 2 is 1.15 bits per heavy atom. The van der Waals surface area contributed by atoms with Crippen molar-refractivity contribution in [2.24, 2.45) is 0 Å². The van der Waals surface area contributed by atoms with E-state index in [1.807, 2.05) is 78.9 Å². The van der Waals surface area contributed by atoms with Gasteiger partial charge < -0.3 is 33.2 Å². The number of nitrogens with zero attached hydrogens (tertiary/aromatic N) is 3. The van der Waals surface area contributed by atoms with E-state index in [0.717, 1.165) is 16.7 Å². The predicted molar refractivity (Wildman–Crippen MR) is 255 cm³/mol. The topological polar surface area (TPSA) is 152 Å². The van der Waals surface area contributed by atoms with Crippen molar-refractivity contribution in [1.29, 1.82) is 0 Å². The molecule has 15 nitrogen and oxygen atoms in total. The summed E-state index contributed by atoms with van der Waals surface area (Å²) in [6.07, 6.45) is -0.201. The largest absolute Gasteiger partial charge is 0.487 e. The summed E-state index contributed by atoms with van der Waals surface area (Å²) in [5.41, 5.74) is 1.65. The summed E-state index contributed by atoms with van der Waals surface area (Å²) in [6.45, 7) is -0.0315. The maximum atomic E-state index is 14.5. The van der Waals surface area contributed by atoms with Crippen LogP contribution in [0.3, 0.4) is 0 Å². The number of aryl methyl sites for hydroxylation is 1. The second-order valence-corrected chi connectivity index (χ2v) is 18.9. The van der Waals surface area contributed by atoms with Crippen molar-refractivity contribution in [3.63, 3.8) is 0 Å². The molecule has 3 heterocycles. The third-order valence-corrected chi connectivity index (χ3v) is 13.9. The summed E-state index contributed by atoms with van der Waals surface area (Å²) in [5, 5.41) is 0. The summed E-state index contributed by atoms with van der Waals surface area (Å²) in [5.74, 6) is 2.05. The molecule has 3 atom stereocenters. The molecular formula is C50H54ClN4O11P. The van der Waals surface area contributed by atoms with E-state index in [1.54, 1.807) is 32.2 Å². The molecule has 5 aromatic carbocycles. The van der Waals surface area contributed by atoms with Crippen molar-refractivity contribution in [2.75, 3.05) is 84.3 Å². The number of halogens is 1. The number of anilines is 1. The monoisotopic (exact) mass is 952 g/mol. The van der Waals surface area contributed by atoms with Crippen molar-refractivity contribution in [3.8, 4) is 23.0 Å². The van der Waals surface area contributed by atoms with Crippen LogP contribution in [0.25, 0.3) is 0 Å². The second-order valence-electron chi connectivity index (χ2n) is 15.9. The molecule has 0 saturated carbocycles. The van der Waals surface area contributed by atoms with Crippen LogP contribution in [0.2, 0.25) is 0 Å². The van der Waals surface area contributed by atoms with Crippen molar-refractivity contribution < 1.29 is 42.2 Å². The normalized spacial score (nSPS) is 18.7. The minimum Gasteiger partial charge on any atom is -0.487 e. The van der Waals surface area contributed by atoms with Gasteiger partial charge in [-0.25, -0.2) is 9.36 Å². The van der Waals surface area contributed by atoms with Gasteiger partial charge in [0.2, 0.25) is 0 Å². The Morgan fingerprint density at radius 3 is 1.67 bits per heavy atom. The zero-order valence-electron chi connectivity index (χ0n) is 37.4. The van der Waals surface area contributed by atoms with E-state index in [4.69, 9.17) is 48.9 Å². The maximum absolute atomic E-state index is 14.5. The fourth-order valence-electron chi connectivity index (χ4n) is 8.29. The molecule has 2 aliphatic heterocycles. The molecule has 1 fully saturated rings. The molecule has 0 amide bonds. The van der Waals surface area contributed by atoms with Gasteiger partial charge in [-0.2, -0.15) is 0 Å². The van der Waals surface area contributed by atoms with Gasteiger partial charge >= 0.3 is 12.6 Å². The number of para-hydroxylation sites is 2. The van der Waals surface area contributed by atoms with E-state index >= 15 is 0 Å². The number of hydrogen-bond donors (Lipinski definition) is 1. The van der Waals surface area contributed by atoms with Crippen molar-refractivity contribution in [2.45, 2.75) is 24.8 Å². The molecule has 1 saturated heterocycles. The average Bonchev–Trinajstić information content (AvgIpc) is 3.35. The maximum Gasteiger partial charge on any atom is 0.387 e. The Balaban J connectivity index is 1.04. The predicted octanol–water partition coefficient (Wildman–Crippen LogP) is 7.80. The van der Waals surface area contributed by atoms with Crippen LogP contribution in [0.15, 0.2) is 149 Å². The lowest BCUT2D eigenvalue weighted by atomic mass is 9.75. The molecular weight excluding hydrogens is 899 g/mol. The molecule has 2 aliphatic rings. The first-order valence-corrected chi connectivity index (χ1v) is 24.6. The van der Waals surface area contributed by atoms with Crippen LogP contribution in [-0.4, -0.2) is 100 Å². The summed E-state index contributed by atoms with van der Waals surface area (Å²) in [4.78, 5) is 30.7. The third-order valence-electron chi connectivity index (χ3n) is 11.5. The Kier molecular flexibility index (Phi) is 15.8. The quantitative estimate of drug-likeness (QED) is 0.105. The van der Waals surface area contributed by atoms with E-state index < -0.39 is 36.0 Å².